The number of fused-ring (bicyclic) bond motifs is 1. The number of amides is 1. The van der Waals surface area contributed by atoms with Gasteiger partial charge in [0.15, 0.2) is 0 Å². The van der Waals surface area contributed by atoms with Crippen molar-refractivity contribution in [1.29, 1.82) is 0 Å². The van der Waals surface area contributed by atoms with Gasteiger partial charge in [-0.3, -0.25) is 4.79 Å². The fraction of sp³-hybridized carbons (Fsp3) is 0.261. The van der Waals surface area contributed by atoms with Crippen LogP contribution in [0, 0.1) is 0 Å². The van der Waals surface area contributed by atoms with Crippen LogP contribution in [0.4, 0.5) is 11.5 Å². The lowest BCUT2D eigenvalue weighted by atomic mass is 10.1. The van der Waals surface area contributed by atoms with Crippen LogP contribution < -0.4 is 10.2 Å². The van der Waals surface area contributed by atoms with Gasteiger partial charge in [0.2, 0.25) is 0 Å². The minimum atomic E-state index is -1.03. The molecule has 0 saturated heterocycles. The number of nitrogens with zero attached hydrogens (tertiary/aromatic N) is 2. The highest BCUT2D eigenvalue weighted by Gasteiger charge is 2.16. The molecule has 6 nitrogen and oxygen atoms in total. The van der Waals surface area contributed by atoms with Crippen LogP contribution in [0.3, 0.4) is 0 Å². The second-order valence-corrected chi connectivity index (χ2v) is 7.45. The quantitative estimate of drug-likeness (QED) is 0.500. The third-order valence-corrected chi connectivity index (χ3v) is 4.92. The van der Waals surface area contributed by atoms with Gasteiger partial charge in [0.05, 0.1) is 11.1 Å². The summed E-state index contributed by atoms with van der Waals surface area (Å²) in [4.78, 5) is 31.2. The summed E-state index contributed by atoms with van der Waals surface area (Å²) in [5.41, 5.74) is 1.64. The second kappa shape index (κ2) is 9.59. The predicted octanol–water partition coefficient (Wildman–Crippen LogP) is 5.47. The zero-order valence-electron chi connectivity index (χ0n) is 17.0. The Bertz CT molecular complexity index is 1080. The Balaban J connectivity index is 1.99. The fourth-order valence-corrected chi connectivity index (χ4v) is 3.53. The maximum atomic E-state index is 12.5. The topological polar surface area (TPSA) is 82.5 Å². The summed E-state index contributed by atoms with van der Waals surface area (Å²) >= 11 is 5.95. The van der Waals surface area contributed by atoms with Crippen LogP contribution in [-0.4, -0.2) is 35.1 Å². The average Bonchev–Trinajstić information content (AvgIpc) is 2.72. The Morgan fingerprint density at radius 1 is 1.07 bits per heavy atom. The molecule has 0 aliphatic rings. The van der Waals surface area contributed by atoms with Gasteiger partial charge in [-0.05, 0) is 55.3 Å². The average molecular weight is 426 g/mol. The molecule has 7 heteroatoms. The Labute approximate surface area is 180 Å². The summed E-state index contributed by atoms with van der Waals surface area (Å²) in [6, 6.07) is 13.3. The van der Waals surface area contributed by atoms with Gasteiger partial charge >= 0.3 is 5.97 Å². The van der Waals surface area contributed by atoms with E-state index in [4.69, 9.17) is 11.6 Å². The number of carboxylic acids is 1. The van der Waals surface area contributed by atoms with Gasteiger partial charge in [-0.25, -0.2) is 9.78 Å². The van der Waals surface area contributed by atoms with Crippen molar-refractivity contribution < 1.29 is 14.7 Å². The van der Waals surface area contributed by atoms with E-state index in [0.29, 0.717) is 33.0 Å². The van der Waals surface area contributed by atoms with Gasteiger partial charge in [0.1, 0.15) is 5.82 Å². The number of anilines is 2. The second-order valence-electron chi connectivity index (χ2n) is 7.02. The molecule has 0 aliphatic heterocycles. The van der Waals surface area contributed by atoms with Crippen LogP contribution in [0.5, 0.6) is 0 Å². The number of carboxylic acid groups (broad SMARTS) is 1. The number of carbonyl (C=O) groups excluding carboxylic acids is 1. The first-order valence-corrected chi connectivity index (χ1v) is 10.3. The summed E-state index contributed by atoms with van der Waals surface area (Å²) in [6.45, 7) is 5.77. The van der Waals surface area contributed by atoms with Gasteiger partial charge in [-0.1, -0.05) is 31.5 Å². The van der Waals surface area contributed by atoms with Gasteiger partial charge < -0.3 is 15.3 Å². The molecule has 1 heterocycles. The Hall–Kier alpha value is -3.12. The van der Waals surface area contributed by atoms with Crippen LogP contribution in [0.15, 0.2) is 48.5 Å². The van der Waals surface area contributed by atoms with Crippen LogP contribution in [0.1, 0.15) is 47.4 Å². The van der Waals surface area contributed by atoms with Crippen LogP contribution in [0.25, 0.3) is 10.9 Å². The molecule has 0 spiro atoms. The van der Waals surface area contributed by atoms with Crippen molar-refractivity contribution in [3.8, 4) is 0 Å². The third kappa shape index (κ3) is 4.89. The van der Waals surface area contributed by atoms with Gasteiger partial charge in [0, 0.05) is 34.7 Å². The molecule has 1 aromatic heterocycles. The molecule has 0 atom stereocenters. The lowest BCUT2D eigenvalue weighted by Crippen LogP contribution is -2.26. The van der Waals surface area contributed by atoms with E-state index in [-0.39, 0.29) is 11.5 Å². The number of aromatic carboxylic acids is 1. The monoisotopic (exact) mass is 425 g/mol. The van der Waals surface area contributed by atoms with Crippen molar-refractivity contribution in [1.82, 2.24) is 4.98 Å². The zero-order chi connectivity index (χ0) is 21.7. The molecular weight excluding hydrogens is 402 g/mol. The van der Waals surface area contributed by atoms with Crippen molar-refractivity contribution in [3.63, 3.8) is 0 Å². The number of hydrogen-bond acceptors (Lipinski definition) is 4. The Morgan fingerprint density at radius 3 is 2.43 bits per heavy atom. The first kappa shape index (κ1) is 21.6. The molecule has 0 radical (unpaired) electrons. The molecule has 2 aromatic carbocycles. The standard InChI is InChI=1S/C23H24ClN3O3/c1-3-10-27(11-4-2)21-14-19(23(29)30)18-13-17(8-9-20(18)26-21)25-22(28)15-6-5-7-16(24)12-15/h5-9,12-14H,3-4,10-11H2,1-2H3,(H,25,28)(H,29,30). The molecule has 0 aliphatic carbocycles. The number of pyridine rings is 1. The van der Waals surface area contributed by atoms with Gasteiger partial charge in [0.25, 0.3) is 5.91 Å². The molecule has 2 N–H and O–H groups in total. The largest absolute Gasteiger partial charge is 0.478 e. The van der Waals surface area contributed by atoms with E-state index in [1.807, 2.05) is 0 Å². The smallest absolute Gasteiger partial charge is 0.336 e. The maximum Gasteiger partial charge on any atom is 0.336 e. The molecule has 3 rings (SSSR count). The Morgan fingerprint density at radius 2 is 1.80 bits per heavy atom. The highest BCUT2D eigenvalue weighted by molar-refractivity contribution is 6.31. The minimum absolute atomic E-state index is 0.158. The van der Waals surface area contributed by atoms with Gasteiger partial charge in [-0.2, -0.15) is 0 Å². The van der Waals surface area contributed by atoms with Crippen molar-refractivity contribution >= 4 is 45.9 Å². The van der Waals surface area contributed by atoms with Gasteiger partial charge in [-0.15, -0.1) is 0 Å². The summed E-state index contributed by atoms with van der Waals surface area (Å²) < 4.78 is 0. The third-order valence-electron chi connectivity index (χ3n) is 4.68. The highest BCUT2D eigenvalue weighted by Crippen LogP contribution is 2.27. The van der Waals surface area contributed by atoms with Crippen LogP contribution in [-0.2, 0) is 0 Å². The summed E-state index contributed by atoms with van der Waals surface area (Å²) in [7, 11) is 0. The number of rotatable bonds is 8. The van der Waals surface area contributed by atoms with Crippen molar-refractivity contribution in [2.24, 2.45) is 0 Å². The minimum Gasteiger partial charge on any atom is -0.478 e. The van der Waals surface area contributed by atoms with Crippen molar-refractivity contribution in [2.45, 2.75) is 26.7 Å². The van der Waals surface area contributed by atoms with E-state index in [9.17, 15) is 14.7 Å². The number of halogens is 1. The van der Waals surface area contributed by atoms with E-state index in [1.165, 1.54) is 0 Å². The Kier molecular flexibility index (Phi) is 6.90. The van der Waals surface area contributed by atoms with Crippen molar-refractivity contribution in [3.05, 3.63) is 64.7 Å². The number of benzene rings is 2. The predicted molar refractivity (Wildman–Crippen MR) is 121 cm³/mol. The molecule has 0 fully saturated rings. The molecule has 0 unspecified atom stereocenters. The zero-order valence-corrected chi connectivity index (χ0v) is 17.7. The number of aromatic nitrogens is 1. The van der Waals surface area contributed by atoms with Crippen LogP contribution in [0.2, 0.25) is 5.02 Å². The van der Waals surface area contributed by atoms with E-state index in [0.717, 1.165) is 25.9 Å². The number of nitrogens with one attached hydrogen (secondary N) is 1. The van der Waals surface area contributed by atoms with Crippen LogP contribution >= 0.6 is 11.6 Å². The first-order valence-electron chi connectivity index (χ1n) is 9.93. The van der Waals surface area contributed by atoms with E-state index >= 15 is 0 Å². The van der Waals surface area contributed by atoms with E-state index in [2.05, 4.69) is 29.0 Å². The molecular formula is C23H24ClN3O3. The molecule has 0 saturated carbocycles. The van der Waals surface area contributed by atoms with E-state index < -0.39 is 5.97 Å². The summed E-state index contributed by atoms with van der Waals surface area (Å²) in [5, 5.41) is 13.5. The SMILES string of the molecule is CCCN(CCC)c1cc(C(=O)O)c2cc(NC(=O)c3cccc(Cl)c3)ccc2n1. The normalized spacial score (nSPS) is 10.8. The summed E-state index contributed by atoms with van der Waals surface area (Å²) in [6.07, 6.45) is 1.88. The highest BCUT2D eigenvalue weighted by atomic mass is 35.5. The number of carbonyl (C=O) groups is 2. The summed E-state index contributed by atoms with van der Waals surface area (Å²) in [5.74, 6) is -0.704. The lowest BCUT2D eigenvalue weighted by Gasteiger charge is -2.23. The molecule has 30 heavy (non-hydrogen) atoms. The molecule has 1 amide bonds. The maximum absolute atomic E-state index is 12.5. The molecule has 156 valence electrons. The van der Waals surface area contributed by atoms with E-state index in [1.54, 1.807) is 48.5 Å². The number of hydrogen-bond donors (Lipinski definition) is 2. The van der Waals surface area contributed by atoms with Crippen molar-refractivity contribution in [2.75, 3.05) is 23.3 Å². The lowest BCUT2D eigenvalue weighted by molar-refractivity contribution is 0.0698. The first-order chi connectivity index (χ1) is 14.4. The molecule has 3 aromatic rings. The fourth-order valence-electron chi connectivity index (χ4n) is 3.34. The molecule has 0 bridgehead atoms.